The third-order valence-electron chi connectivity index (χ3n) is 4.26. The van der Waals surface area contributed by atoms with Gasteiger partial charge in [-0.15, -0.1) is 0 Å². The highest BCUT2D eigenvalue weighted by atomic mass is 19.1. The van der Waals surface area contributed by atoms with Crippen LogP contribution in [0.3, 0.4) is 0 Å². The lowest BCUT2D eigenvalue weighted by Gasteiger charge is -2.32. The summed E-state index contributed by atoms with van der Waals surface area (Å²) in [6.07, 6.45) is 1.33. The van der Waals surface area contributed by atoms with Crippen molar-refractivity contribution in [2.45, 2.75) is 18.9 Å². The van der Waals surface area contributed by atoms with Gasteiger partial charge in [-0.1, -0.05) is 30.3 Å². The molecule has 0 radical (unpaired) electrons. The Balaban J connectivity index is 1.55. The van der Waals surface area contributed by atoms with Crippen LogP contribution in [0.15, 0.2) is 54.6 Å². The maximum absolute atomic E-state index is 13.6. The number of halogens is 1. The van der Waals surface area contributed by atoms with Gasteiger partial charge in [0.1, 0.15) is 5.82 Å². The molecule has 1 N–H and O–H groups in total. The second-order valence-corrected chi connectivity index (χ2v) is 5.89. The molecular weight excluding hydrogens is 307 g/mol. The van der Waals surface area contributed by atoms with Gasteiger partial charge >= 0.3 is 0 Å². The number of hydrogen-bond acceptors (Lipinski definition) is 2. The molecule has 0 atom stereocenters. The van der Waals surface area contributed by atoms with Gasteiger partial charge in [0.05, 0.1) is 5.56 Å². The van der Waals surface area contributed by atoms with E-state index in [2.05, 4.69) is 5.32 Å². The van der Waals surface area contributed by atoms with Crippen molar-refractivity contribution in [2.24, 2.45) is 0 Å². The van der Waals surface area contributed by atoms with E-state index in [1.54, 1.807) is 29.2 Å². The zero-order chi connectivity index (χ0) is 16.9. The lowest BCUT2D eigenvalue weighted by molar-refractivity contribution is 0.0698. The third-order valence-corrected chi connectivity index (χ3v) is 4.26. The van der Waals surface area contributed by atoms with E-state index in [1.807, 2.05) is 18.2 Å². The van der Waals surface area contributed by atoms with Crippen molar-refractivity contribution < 1.29 is 14.0 Å². The molecule has 1 aliphatic rings. The topological polar surface area (TPSA) is 49.4 Å². The molecule has 1 heterocycles. The van der Waals surface area contributed by atoms with Gasteiger partial charge in [0.25, 0.3) is 11.8 Å². The van der Waals surface area contributed by atoms with Gasteiger partial charge in [-0.25, -0.2) is 4.39 Å². The standard InChI is InChI=1S/C19H19FN2O2/c20-17-9-5-4-8-16(17)18(23)21-15-10-12-22(13-11-15)19(24)14-6-2-1-3-7-14/h1-9,15H,10-13H2,(H,21,23). The van der Waals surface area contributed by atoms with Crippen LogP contribution >= 0.6 is 0 Å². The minimum absolute atomic E-state index is 0.00878. The molecule has 0 saturated carbocycles. The molecule has 0 spiro atoms. The van der Waals surface area contributed by atoms with Crippen LogP contribution in [0.2, 0.25) is 0 Å². The summed E-state index contributed by atoms with van der Waals surface area (Å²) in [4.78, 5) is 26.3. The van der Waals surface area contributed by atoms with E-state index in [1.165, 1.54) is 12.1 Å². The smallest absolute Gasteiger partial charge is 0.254 e. The largest absolute Gasteiger partial charge is 0.349 e. The highest BCUT2D eigenvalue weighted by Crippen LogP contribution is 2.15. The van der Waals surface area contributed by atoms with Gasteiger partial charge in [0.2, 0.25) is 0 Å². The second kappa shape index (κ2) is 7.25. The maximum Gasteiger partial charge on any atom is 0.254 e. The molecule has 0 bridgehead atoms. The van der Waals surface area contributed by atoms with Crippen molar-refractivity contribution >= 4 is 11.8 Å². The molecule has 1 saturated heterocycles. The number of rotatable bonds is 3. The fourth-order valence-corrected chi connectivity index (χ4v) is 2.90. The van der Waals surface area contributed by atoms with E-state index in [-0.39, 0.29) is 17.5 Å². The lowest BCUT2D eigenvalue weighted by Crippen LogP contribution is -2.46. The first-order chi connectivity index (χ1) is 11.6. The van der Waals surface area contributed by atoms with Crippen LogP contribution in [0.25, 0.3) is 0 Å². The monoisotopic (exact) mass is 326 g/mol. The van der Waals surface area contributed by atoms with Crippen LogP contribution in [0.1, 0.15) is 33.6 Å². The van der Waals surface area contributed by atoms with Crippen LogP contribution in [-0.2, 0) is 0 Å². The summed E-state index contributed by atoms with van der Waals surface area (Å²) in [6.45, 7) is 1.16. The summed E-state index contributed by atoms with van der Waals surface area (Å²) in [5.41, 5.74) is 0.728. The van der Waals surface area contributed by atoms with Gasteiger partial charge in [0, 0.05) is 24.7 Å². The number of nitrogens with one attached hydrogen (secondary N) is 1. The van der Waals surface area contributed by atoms with Crippen LogP contribution in [0.5, 0.6) is 0 Å². The fourth-order valence-electron chi connectivity index (χ4n) is 2.90. The van der Waals surface area contributed by atoms with Crippen molar-refractivity contribution in [3.8, 4) is 0 Å². The zero-order valence-corrected chi connectivity index (χ0v) is 13.2. The normalized spacial score (nSPS) is 15.1. The molecule has 1 fully saturated rings. The van der Waals surface area contributed by atoms with Crippen LogP contribution in [0.4, 0.5) is 4.39 Å². The minimum atomic E-state index is -0.522. The zero-order valence-electron chi connectivity index (χ0n) is 13.2. The van der Waals surface area contributed by atoms with Crippen molar-refractivity contribution in [1.29, 1.82) is 0 Å². The fraction of sp³-hybridized carbons (Fsp3) is 0.263. The third kappa shape index (κ3) is 3.62. The molecule has 2 aromatic carbocycles. The van der Waals surface area contributed by atoms with E-state index in [9.17, 15) is 14.0 Å². The van der Waals surface area contributed by atoms with E-state index in [0.717, 1.165) is 0 Å². The highest BCUT2D eigenvalue weighted by molar-refractivity contribution is 5.95. The maximum atomic E-state index is 13.6. The molecule has 5 heteroatoms. The van der Waals surface area contributed by atoms with E-state index in [0.29, 0.717) is 31.5 Å². The van der Waals surface area contributed by atoms with Gasteiger partial charge < -0.3 is 10.2 Å². The number of likely N-dealkylation sites (tertiary alicyclic amines) is 1. The number of piperidine rings is 1. The first kappa shape index (κ1) is 16.2. The Labute approximate surface area is 140 Å². The lowest BCUT2D eigenvalue weighted by atomic mass is 10.0. The van der Waals surface area contributed by atoms with Gasteiger partial charge in [-0.05, 0) is 37.1 Å². The number of carbonyl (C=O) groups is 2. The average Bonchev–Trinajstić information content (AvgIpc) is 2.63. The van der Waals surface area contributed by atoms with Crippen LogP contribution in [-0.4, -0.2) is 35.8 Å². The summed E-state index contributed by atoms with van der Waals surface area (Å²) >= 11 is 0. The average molecular weight is 326 g/mol. The number of carbonyl (C=O) groups excluding carboxylic acids is 2. The summed E-state index contributed by atoms with van der Waals surface area (Å²) in [6, 6.07) is 15.1. The van der Waals surface area contributed by atoms with Gasteiger partial charge in [0.15, 0.2) is 0 Å². The quantitative estimate of drug-likeness (QED) is 0.943. The molecule has 24 heavy (non-hydrogen) atoms. The first-order valence-electron chi connectivity index (χ1n) is 8.05. The predicted octanol–water partition coefficient (Wildman–Crippen LogP) is 2.86. The Morgan fingerprint density at radius 3 is 2.25 bits per heavy atom. The highest BCUT2D eigenvalue weighted by Gasteiger charge is 2.25. The number of nitrogens with zero attached hydrogens (tertiary/aromatic N) is 1. The second-order valence-electron chi connectivity index (χ2n) is 5.89. The SMILES string of the molecule is O=C(NC1CCN(C(=O)c2ccccc2)CC1)c1ccccc1F. The minimum Gasteiger partial charge on any atom is -0.349 e. The summed E-state index contributed by atoms with van der Waals surface area (Å²) in [5.74, 6) is -0.915. The van der Waals surface area contributed by atoms with Gasteiger partial charge in [-0.2, -0.15) is 0 Å². The molecule has 0 aliphatic carbocycles. The molecule has 0 unspecified atom stereocenters. The number of benzene rings is 2. The predicted molar refractivity (Wildman–Crippen MR) is 89.2 cm³/mol. The van der Waals surface area contributed by atoms with E-state index in [4.69, 9.17) is 0 Å². The molecule has 4 nitrogen and oxygen atoms in total. The van der Waals surface area contributed by atoms with E-state index < -0.39 is 11.7 Å². The molecular formula is C19H19FN2O2. The number of hydrogen-bond donors (Lipinski definition) is 1. The summed E-state index contributed by atoms with van der Waals surface area (Å²) in [7, 11) is 0. The Morgan fingerprint density at radius 1 is 0.958 bits per heavy atom. The van der Waals surface area contributed by atoms with E-state index >= 15 is 0 Å². The first-order valence-corrected chi connectivity index (χ1v) is 8.05. The van der Waals surface area contributed by atoms with Crippen molar-refractivity contribution in [3.63, 3.8) is 0 Å². The van der Waals surface area contributed by atoms with Crippen molar-refractivity contribution in [2.75, 3.05) is 13.1 Å². The Morgan fingerprint density at radius 2 is 1.58 bits per heavy atom. The molecule has 2 aromatic rings. The molecule has 0 aromatic heterocycles. The van der Waals surface area contributed by atoms with Crippen LogP contribution < -0.4 is 5.32 Å². The summed E-state index contributed by atoms with van der Waals surface area (Å²) in [5, 5.41) is 2.86. The molecule has 3 rings (SSSR count). The number of amides is 2. The van der Waals surface area contributed by atoms with Crippen molar-refractivity contribution in [1.82, 2.24) is 10.2 Å². The molecule has 1 aliphatic heterocycles. The molecule has 124 valence electrons. The van der Waals surface area contributed by atoms with Crippen LogP contribution in [0, 0.1) is 5.82 Å². The Hall–Kier alpha value is -2.69. The molecule has 2 amide bonds. The van der Waals surface area contributed by atoms with Gasteiger partial charge in [-0.3, -0.25) is 9.59 Å². The Kier molecular flexibility index (Phi) is 4.89. The summed E-state index contributed by atoms with van der Waals surface area (Å²) < 4.78 is 13.6. The van der Waals surface area contributed by atoms with Crippen molar-refractivity contribution in [3.05, 3.63) is 71.5 Å². The Bertz CT molecular complexity index is 725.